The summed E-state index contributed by atoms with van der Waals surface area (Å²) in [6, 6.07) is 6.69. The second-order valence-electron chi connectivity index (χ2n) is 7.46. The zero-order valence-corrected chi connectivity index (χ0v) is 16.1. The van der Waals surface area contributed by atoms with E-state index in [1.54, 1.807) is 27.7 Å². The second kappa shape index (κ2) is 7.95. The van der Waals surface area contributed by atoms with Gasteiger partial charge in [0.1, 0.15) is 17.4 Å². The van der Waals surface area contributed by atoms with E-state index in [4.69, 9.17) is 9.47 Å². The lowest BCUT2D eigenvalue weighted by Crippen LogP contribution is -2.44. The number of hydrogen-bond donors (Lipinski definition) is 3. The van der Waals surface area contributed by atoms with Crippen molar-refractivity contribution in [1.29, 1.82) is 0 Å². The molecule has 0 spiro atoms. The van der Waals surface area contributed by atoms with Gasteiger partial charge in [0.15, 0.2) is 0 Å². The van der Waals surface area contributed by atoms with Crippen molar-refractivity contribution in [3.63, 3.8) is 0 Å². The van der Waals surface area contributed by atoms with Crippen molar-refractivity contribution in [3.05, 3.63) is 24.3 Å². The Hall–Kier alpha value is -2.28. The van der Waals surface area contributed by atoms with Crippen molar-refractivity contribution in [3.8, 4) is 0 Å². The molecule has 1 atom stereocenters. The minimum absolute atomic E-state index is 0.327. The van der Waals surface area contributed by atoms with Gasteiger partial charge in [0.25, 0.3) is 0 Å². The predicted octanol–water partition coefficient (Wildman–Crippen LogP) is 3.48. The van der Waals surface area contributed by atoms with Gasteiger partial charge in [-0.2, -0.15) is 0 Å². The molecule has 1 aliphatic carbocycles. The number of hydrogen-bond acceptors (Lipinski definition) is 5. The summed E-state index contributed by atoms with van der Waals surface area (Å²) in [6.07, 6.45) is 1.24. The number of amides is 2. The fraction of sp³-hybridized carbons (Fsp3) is 0.579. The number of carbonyl (C=O) groups is 2. The van der Waals surface area contributed by atoms with Crippen LogP contribution in [0.15, 0.2) is 24.3 Å². The number of nitrogens with one attached hydrogen (secondary N) is 3. The number of ether oxygens (including phenoxy) is 2. The Bertz CT molecular complexity index is 650. The molecule has 1 aliphatic rings. The molecule has 0 heterocycles. The number of rotatable bonds is 7. The maximum absolute atomic E-state index is 12.4. The zero-order valence-electron chi connectivity index (χ0n) is 16.1. The molecule has 2 rings (SSSR count). The van der Waals surface area contributed by atoms with Crippen LogP contribution in [0.4, 0.5) is 16.2 Å². The molecule has 1 unspecified atom stereocenters. The third-order valence-corrected chi connectivity index (χ3v) is 3.80. The molecule has 0 radical (unpaired) electrons. The lowest BCUT2D eigenvalue weighted by molar-refractivity contribution is -0.117. The molecule has 1 saturated carbocycles. The maximum Gasteiger partial charge on any atom is 0.408 e. The maximum atomic E-state index is 12.4. The second-order valence-corrected chi connectivity index (χ2v) is 7.46. The summed E-state index contributed by atoms with van der Waals surface area (Å²) in [5.41, 5.74) is 0.475. The Balaban J connectivity index is 1.97. The van der Waals surface area contributed by atoms with Crippen molar-refractivity contribution < 1.29 is 19.1 Å². The van der Waals surface area contributed by atoms with Crippen molar-refractivity contribution in [1.82, 2.24) is 5.32 Å². The van der Waals surface area contributed by atoms with E-state index in [-0.39, 0.29) is 11.6 Å². The van der Waals surface area contributed by atoms with Gasteiger partial charge in [0.05, 0.1) is 11.4 Å². The summed E-state index contributed by atoms with van der Waals surface area (Å²) in [6.45, 7) is 9.50. The quantitative estimate of drug-likeness (QED) is 0.646. The molecule has 1 fully saturated rings. The third-order valence-electron chi connectivity index (χ3n) is 3.80. The number of alkyl carbamates (subject to hydrolysis) is 1. The molecule has 0 aliphatic heterocycles. The highest BCUT2D eigenvalue weighted by atomic mass is 16.6. The molecule has 7 heteroatoms. The normalized spacial score (nSPS) is 16.3. The van der Waals surface area contributed by atoms with Gasteiger partial charge in [0, 0.05) is 6.61 Å². The molecular formula is C19H29N3O4. The van der Waals surface area contributed by atoms with Crippen LogP contribution in [0, 0.1) is 0 Å². The van der Waals surface area contributed by atoms with Crippen LogP contribution in [0.3, 0.4) is 0 Å². The van der Waals surface area contributed by atoms with Crippen LogP contribution in [0.2, 0.25) is 0 Å². The van der Waals surface area contributed by atoms with Gasteiger partial charge in [-0.05, 0) is 59.6 Å². The summed E-state index contributed by atoms with van der Waals surface area (Å²) < 4.78 is 10.9. The Morgan fingerprint density at radius 3 is 2.35 bits per heavy atom. The van der Waals surface area contributed by atoms with Gasteiger partial charge < -0.3 is 25.4 Å². The highest BCUT2D eigenvalue weighted by Gasteiger charge is 2.44. The summed E-state index contributed by atoms with van der Waals surface area (Å²) in [5, 5.41) is 8.75. The van der Waals surface area contributed by atoms with E-state index < -0.39 is 17.7 Å². The number of carbonyl (C=O) groups excluding carboxylic acids is 2. The molecule has 7 nitrogen and oxygen atoms in total. The molecule has 0 aromatic heterocycles. The van der Waals surface area contributed by atoms with E-state index in [2.05, 4.69) is 16.0 Å². The molecule has 0 bridgehead atoms. The van der Waals surface area contributed by atoms with Gasteiger partial charge >= 0.3 is 6.09 Å². The molecule has 2 amide bonds. The number of para-hydroxylation sites is 2. The summed E-state index contributed by atoms with van der Waals surface area (Å²) in [4.78, 5) is 24.3. The zero-order chi connectivity index (χ0) is 19.4. The predicted molar refractivity (Wildman–Crippen MR) is 101 cm³/mol. The van der Waals surface area contributed by atoms with Gasteiger partial charge in [-0.25, -0.2) is 4.79 Å². The van der Waals surface area contributed by atoms with E-state index in [0.717, 1.165) is 18.5 Å². The fourth-order valence-electron chi connectivity index (χ4n) is 2.43. The molecular weight excluding hydrogens is 334 g/mol. The lowest BCUT2D eigenvalue weighted by atomic mass is 10.2. The average Bonchev–Trinajstić information content (AvgIpc) is 3.27. The smallest absolute Gasteiger partial charge is 0.408 e. The first kappa shape index (κ1) is 20.0. The molecule has 1 aromatic carbocycles. The van der Waals surface area contributed by atoms with Crippen molar-refractivity contribution in [2.75, 3.05) is 17.2 Å². The minimum atomic E-state index is -0.736. The highest BCUT2D eigenvalue weighted by molar-refractivity contribution is 5.98. The van der Waals surface area contributed by atoms with Crippen LogP contribution in [0.25, 0.3) is 0 Å². The molecule has 1 aromatic rings. The Kier molecular flexibility index (Phi) is 6.13. The average molecular weight is 363 g/mol. The van der Waals surface area contributed by atoms with E-state index in [0.29, 0.717) is 12.3 Å². The topological polar surface area (TPSA) is 88.7 Å². The molecule has 3 N–H and O–H groups in total. The first-order valence-corrected chi connectivity index (χ1v) is 8.96. The van der Waals surface area contributed by atoms with E-state index in [9.17, 15) is 9.59 Å². The Morgan fingerprint density at radius 2 is 1.81 bits per heavy atom. The number of benzene rings is 1. The fourth-order valence-corrected chi connectivity index (χ4v) is 2.43. The minimum Gasteiger partial charge on any atom is -0.444 e. The van der Waals surface area contributed by atoms with Crippen LogP contribution in [-0.4, -0.2) is 36.0 Å². The Morgan fingerprint density at radius 1 is 1.19 bits per heavy atom. The summed E-state index contributed by atoms with van der Waals surface area (Å²) in [5.74, 6) is -0.327. The van der Waals surface area contributed by atoms with Crippen LogP contribution >= 0.6 is 0 Å². The van der Waals surface area contributed by atoms with Gasteiger partial charge in [-0.15, -0.1) is 0 Å². The third kappa shape index (κ3) is 5.91. The van der Waals surface area contributed by atoms with Crippen molar-refractivity contribution >= 4 is 23.4 Å². The van der Waals surface area contributed by atoms with Gasteiger partial charge in [-0.3, -0.25) is 4.79 Å². The summed E-state index contributed by atoms with van der Waals surface area (Å²) in [7, 11) is 0. The van der Waals surface area contributed by atoms with Gasteiger partial charge in [-0.1, -0.05) is 12.1 Å². The highest BCUT2D eigenvalue weighted by Crippen LogP contribution is 2.41. The van der Waals surface area contributed by atoms with Gasteiger partial charge in [0.2, 0.25) is 5.91 Å². The SMILES string of the molecule is CCOC1(Nc2ccccc2NC(=O)C(C)NC(=O)OC(C)(C)C)CC1. The monoisotopic (exact) mass is 363 g/mol. The van der Waals surface area contributed by atoms with Crippen LogP contribution in [-0.2, 0) is 14.3 Å². The summed E-state index contributed by atoms with van der Waals surface area (Å²) >= 11 is 0. The largest absolute Gasteiger partial charge is 0.444 e. The van der Waals surface area contributed by atoms with E-state index in [1.807, 2.05) is 31.2 Å². The standard InChI is InChI=1S/C19H29N3O4/c1-6-25-19(11-12-19)22-15-10-8-7-9-14(15)21-16(23)13(2)20-17(24)26-18(3,4)5/h7-10,13,22H,6,11-12H2,1-5H3,(H,20,24)(H,21,23). The van der Waals surface area contributed by atoms with E-state index >= 15 is 0 Å². The molecule has 26 heavy (non-hydrogen) atoms. The first-order valence-electron chi connectivity index (χ1n) is 8.96. The van der Waals surface area contributed by atoms with Crippen molar-refractivity contribution in [2.24, 2.45) is 0 Å². The Labute approximate surface area is 154 Å². The van der Waals surface area contributed by atoms with Crippen LogP contribution in [0.1, 0.15) is 47.5 Å². The molecule has 0 saturated heterocycles. The van der Waals surface area contributed by atoms with Crippen LogP contribution in [0.5, 0.6) is 0 Å². The lowest BCUT2D eigenvalue weighted by Gasteiger charge is -2.23. The molecule has 144 valence electrons. The number of anilines is 2. The van der Waals surface area contributed by atoms with Crippen molar-refractivity contribution in [2.45, 2.75) is 64.8 Å². The van der Waals surface area contributed by atoms with E-state index in [1.165, 1.54) is 0 Å². The van der Waals surface area contributed by atoms with Crippen LogP contribution < -0.4 is 16.0 Å². The first-order chi connectivity index (χ1) is 12.1.